The third kappa shape index (κ3) is 3.35. The van der Waals surface area contributed by atoms with E-state index < -0.39 is 0 Å². The van der Waals surface area contributed by atoms with Crippen LogP contribution in [0, 0.1) is 0 Å². The maximum absolute atomic E-state index is 10.8. The number of rotatable bonds is 4. The Bertz CT molecular complexity index is 361. The molecule has 0 aliphatic rings. The van der Waals surface area contributed by atoms with Crippen LogP contribution in [-0.4, -0.2) is 25.0 Å². The maximum atomic E-state index is 10.8. The van der Waals surface area contributed by atoms with Gasteiger partial charge in [-0.2, -0.15) is 0 Å². The Hall–Kier alpha value is -1.35. The van der Waals surface area contributed by atoms with Gasteiger partial charge in [-0.05, 0) is 32.1 Å². The summed E-state index contributed by atoms with van der Waals surface area (Å²) in [7, 11) is 4.07. The predicted molar refractivity (Wildman–Crippen MR) is 64.0 cm³/mol. The highest BCUT2D eigenvalue weighted by atomic mass is 16.5. The first-order valence-corrected chi connectivity index (χ1v) is 5.40. The van der Waals surface area contributed by atoms with Crippen LogP contribution in [0.15, 0.2) is 24.3 Å². The Morgan fingerprint density at radius 3 is 2.56 bits per heavy atom. The number of hydrogen-bond donors (Lipinski definition) is 0. The monoisotopic (exact) mass is 221 g/mol. The summed E-state index contributed by atoms with van der Waals surface area (Å²) < 4.78 is 5.04. The molecule has 16 heavy (non-hydrogen) atoms. The van der Waals surface area contributed by atoms with Crippen LogP contribution in [0.5, 0.6) is 0 Å². The molecule has 1 aromatic carbocycles. The van der Waals surface area contributed by atoms with Crippen LogP contribution in [0.1, 0.15) is 31.0 Å². The highest BCUT2D eigenvalue weighted by Gasteiger charge is 2.12. The van der Waals surface area contributed by atoms with E-state index in [1.54, 1.807) is 0 Å². The largest absolute Gasteiger partial charge is 0.461 e. The van der Waals surface area contributed by atoms with Crippen molar-refractivity contribution in [3.8, 4) is 0 Å². The molecule has 0 unspecified atom stereocenters. The summed E-state index contributed by atoms with van der Waals surface area (Å²) in [4.78, 5) is 12.9. The molecule has 0 heterocycles. The average molecular weight is 221 g/mol. The van der Waals surface area contributed by atoms with Gasteiger partial charge < -0.3 is 9.64 Å². The van der Waals surface area contributed by atoms with Gasteiger partial charge in [0.15, 0.2) is 0 Å². The van der Waals surface area contributed by atoms with Crippen LogP contribution in [0.3, 0.4) is 0 Å². The van der Waals surface area contributed by atoms with Gasteiger partial charge in [0.25, 0.3) is 0 Å². The topological polar surface area (TPSA) is 29.5 Å². The minimum absolute atomic E-state index is 0.243. The maximum Gasteiger partial charge on any atom is 0.302 e. The van der Waals surface area contributed by atoms with Gasteiger partial charge >= 0.3 is 5.97 Å². The molecule has 0 spiro atoms. The molecule has 0 fully saturated rings. The van der Waals surface area contributed by atoms with Gasteiger partial charge in [-0.3, -0.25) is 4.79 Å². The van der Waals surface area contributed by atoms with Crippen LogP contribution >= 0.6 is 0 Å². The number of esters is 1. The van der Waals surface area contributed by atoms with Gasteiger partial charge in [0, 0.05) is 13.0 Å². The fourth-order valence-corrected chi connectivity index (χ4v) is 1.53. The van der Waals surface area contributed by atoms with E-state index >= 15 is 0 Å². The first-order chi connectivity index (χ1) is 7.52. The molecule has 0 aromatic heterocycles. The summed E-state index contributed by atoms with van der Waals surface area (Å²) in [5.41, 5.74) is 2.27. The third-order valence-corrected chi connectivity index (χ3v) is 2.71. The van der Waals surface area contributed by atoms with Crippen molar-refractivity contribution in [3.05, 3.63) is 35.4 Å². The van der Waals surface area contributed by atoms with Crippen LogP contribution in [0.25, 0.3) is 0 Å². The van der Waals surface area contributed by atoms with Crippen molar-refractivity contribution >= 4 is 5.97 Å². The van der Waals surface area contributed by atoms with E-state index in [2.05, 4.69) is 17.9 Å². The van der Waals surface area contributed by atoms with E-state index in [-0.39, 0.29) is 5.97 Å². The Labute approximate surface area is 97.0 Å². The molecule has 0 aliphatic heterocycles. The van der Waals surface area contributed by atoms with Crippen LogP contribution in [-0.2, 0) is 16.1 Å². The van der Waals surface area contributed by atoms with E-state index in [9.17, 15) is 4.79 Å². The first kappa shape index (κ1) is 12.7. The molecule has 0 saturated heterocycles. The molecule has 1 atom stereocenters. The Kier molecular flexibility index (Phi) is 4.50. The van der Waals surface area contributed by atoms with Gasteiger partial charge in [0.1, 0.15) is 6.61 Å². The molecule has 0 amide bonds. The Morgan fingerprint density at radius 2 is 2.00 bits per heavy atom. The van der Waals surface area contributed by atoms with Crippen molar-refractivity contribution in [2.45, 2.75) is 26.5 Å². The lowest BCUT2D eigenvalue weighted by Gasteiger charge is -2.22. The molecule has 0 aliphatic carbocycles. The highest BCUT2D eigenvalue weighted by Crippen LogP contribution is 2.22. The molecule has 1 aromatic rings. The fourth-order valence-electron chi connectivity index (χ4n) is 1.53. The van der Waals surface area contributed by atoms with Gasteiger partial charge in [-0.1, -0.05) is 24.3 Å². The first-order valence-electron chi connectivity index (χ1n) is 5.40. The van der Waals surface area contributed by atoms with Crippen LogP contribution in [0.4, 0.5) is 0 Å². The zero-order valence-electron chi connectivity index (χ0n) is 10.4. The number of nitrogens with zero attached hydrogens (tertiary/aromatic N) is 1. The summed E-state index contributed by atoms with van der Waals surface area (Å²) in [5, 5.41) is 0. The summed E-state index contributed by atoms with van der Waals surface area (Å²) >= 11 is 0. The molecule has 88 valence electrons. The fraction of sp³-hybridized carbons (Fsp3) is 0.462. The normalized spacial score (nSPS) is 12.6. The second-order valence-corrected chi connectivity index (χ2v) is 4.12. The lowest BCUT2D eigenvalue weighted by molar-refractivity contribution is -0.142. The zero-order chi connectivity index (χ0) is 12.1. The predicted octanol–water partition coefficient (Wildman–Crippen LogP) is 2.37. The van der Waals surface area contributed by atoms with E-state index in [4.69, 9.17) is 4.74 Å². The van der Waals surface area contributed by atoms with E-state index in [1.165, 1.54) is 12.5 Å². The smallest absolute Gasteiger partial charge is 0.302 e. The number of carbonyl (C=O) groups excluding carboxylic acids is 1. The lowest BCUT2D eigenvalue weighted by Crippen LogP contribution is -2.18. The Balaban J connectivity index is 2.87. The molecular weight excluding hydrogens is 202 g/mol. The van der Waals surface area contributed by atoms with Gasteiger partial charge in [-0.15, -0.1) is 0 Å². The van der Waals surface area contributed by atoms with Gasteiger partial charge in [0.05, 0.1) is 0 Å². The van der Waals surface area contributed by atoms with Crippen molar-refractivity contribution in [1.29, 1.82) is 0 Å². The second kappa shape index (κ2) is 5.66. The van der Waals surface area contributed by atoms with Crippen molar-refractivity contribution < 1.29 is 9.53 Å². The van der Waals surface area contributed by atoms with Crippen molar-refractivity contribution in [2.24, 2.45) is 0 Å². The summed E-state index contributed by atoms with van der Waals surface area (Å²) in [6, 6.07) is 8.35. The van der Waals surface area contributed by atoms with Crippen LogP contribution in [0.2, 0.25) is 0 Å². The second-order valence-electron chi connectivity index (χ2n) is 4.12. The molecule has 0 N–H and O–H groups in total. The van der Waals surface area contributed by atoms with E-state index in [0.29, 0.717) is 12.6 Å². The van der Waals surface area contributed by atoms with Crippen molar-refractivity contribution in [2.75, 3.05) is 14.1 Å². The lowest BCUT2D eigenvalue weighted by atomic mass is 10.0. The highest BCUT2D eigenvalue weighted by molar-refractivity contribution is 5.65. The number of ether oxygens (including phenoxy) is 1. The van der Waals surface area contributed by atoms with E-state index in [0.717, 1.165) is 5.56 Å². The summed E-state index contributed by atoms with van der Waals surface area (Å²) in [5.74, 6) is -0.243. The molecule has 1 rings (SSSR count). The number of hydrogen-bond acceptors (Lipinski definition) is 3. The molecule has 0 radical (unpaired) electrons. The summed E-state index contributed by atoms with van der Waals surface area (Å²) in [6.07, 6.45) is 0. The standard InChI is InChI=1S/C13H19NO2/c1-10(14(3)4)13-8-6-5-7-12(13)9-16-11(2)15/h5-8,10H,9H2,1-4H3/t10-/m1/s1. The quantitative estimate of drug-likeness (QED) is 0.731. The Morgan fingerprint density at radius 1 is 1.38 bits per heavy atom. The third-order valence-electron chi connectivity index (χ3n) is 2.71. The van der Waals surface area contributed by atoms with Gasteiger partial charge in [0.2, 0.25) is 0 Å². The van der Waals surface area contributed by atoms with E-state index in [1.807, 2.05) is 32.3 Å². The SMILES string of the molecule is CC(=O)OCc1ccccc1[C@@H](C)N(C)C. The average Bonchev–Trinajstić information content (AvgIpc) is 2.25. The number of carbonyl (C=O) groups is 1. The molecule has 3 nitrogen and oxygen atoms in total. The minimum Gasteiger partial charge on any atom is -0.461 e. The molecule has 3 heteroatoms. The molecule has 0 bridgehead atoms. The van der Waals surface area contributed by atoms with Gasteiger partial charge in [-0.25, -0.2) is 0 Å². The zero-order valence-corrected chi connectivity index (χ0v) is 10.4. The molecular formula is C13H19NO2. The summed E-state index contributed by atoms with van der Waals surface area (Å²) in [6.45, 7) is 3.91. The van der Waals surface area contributed by atoms with Crippen LogP contribution < -0.4 is 0 Å². The van der Waals surface area contributed by atoms with Crippen molar-refractivity contribution in [1.82, 2.24) is 4.90 Å². The minimum atomic E-state index is -0.243. The number of benzene rings is 1. The molecule has 0 saturated carbocycles. The van der Waals surface area contributed by atoms with Crippen molar-refractivity contribution in [3.63, 3.8) is 0 Å².